The highest BCUT2D eigenvalue weighted by Gasteiger charge is 2.66. The van der Waals surface area contributed by atoms with E-state index >= 15 is 0 Å². The van der Waals surface area contributed by atoms with Gasteiger partial charge in [0.15, 0.2) is 0 Å². The molecular weight excluding hydrogens is 380 g/mol. The SMILES string of the molecule is Cc1cc(NCN2C(=O)[C@@H]3[C@@H]4C=C[C@H]([C@@H]5C[C@H]45)[C@@H]3C2=O)cc(C)c1Br. The van der Waals surface area contributed by atoms with Crippen molar-refractivity contribution in [3.8, 4) is 0 Å². The third-order valence-electron chi connectivity index (χ3n) is 6.63. The van der Waals surface area contributed by atoms with Crippen LogP contribution in [0.2, 0.25) is 0 Å². The van der Waals surface area contributed by atoms with Crippen molar-refractivity contribution in [2.45, 2.75) is 20.3 Å². The van der Waals surface area contributed by atoms with Gasteiger partial charge in [-0.05, 0) is 67.2 Å². The van der Waals surface area contributed by atoms with Gasteiger partial charge in [0.1, 0.15) is 0 Å². The van der Waals surface area contributed by atoms with Crippen LogP contribution in [-0.2, 0) is 9.59 Å². The minimum atomic E-state index is -0.110. The summed E-state index contributed by atoms with van der Waals surface area (Å²) in [5, 5.41) is 3.28. The minimum absolute atomic E-state index is 0.0257. The Balaban J connectivity index is 1.36. The second kappa shape index (κ2) is 5.19. The molecule has 2 bridgehead atoms. The average molecular weight is 401 g/mol. The molecule has 6 atom stereocenters. The first-order valence-electron chi connectivity index (χ1n) is 9.01. The molecule has 2 amide bonds. The Hall–Kier alpha value is -1.62. The van der Waals surface area contributed by atoms with Gasteiger partial charge in [-0.2, -0.15) is 0 Å². The standard InChI is InChI=1S/C20H21BrN2O2/c1-9-5-11(6-10(2)18(9)21)22-8-23-19(24)16-12-3-4-13(15-7-14(12)15)17(16)20(23)25/h3-6,12-17,22H,7-8H2,1-2H3/t12-,13-,14-,15+,16-,17+/m1/s1. The molecule has 1 aromatic carbocycles. The lowest BCUT2D eigenvalue weighted by Gasteiger charge is -2.37. The first-order chi connectivity index (χ1) is 12.0. The summed E-state index contributed by atoms with van der Waals surface area (Å²) in [6, 6.07) is 4.07. The fraction of sp³-hybridized carbons (Fsp3) is 0.500. The molecular formula is C20H21BrN2O2. The van der Waals surface area contributed by atoms with Crippen molar-refractivity contribution in [2.75, 3.05) is 12.0 Å². The van der Waals surface area contributed by atoms with E-state index in [0.717, 1.165) is 21.3 Å². The molecule has 0 radical (unpaired) electrons. The maximum Gasteiger partial charge on any atom is 0.235 e. The van der Waals surface area contributed by atoms with Crippen molar-refractivity contribution in [3.05, 3.63) is 39.9 Å². The van der Waals surface area contributed by atoms with Crippen molar-refractivity contribution in [1.29, 1.82) is 0 Å². The van der Waals surface area contributed by atoms with Gasteiger partial charge in [0.2, 0.25) is 11.8 Å². The third-order valence-corrected chi connectivity index (χ3v) is 7.88. The van der Waals surface area contributed by atoms with Crippen molar-refractivity contribution in [2.24, 2.45) is 35.5 Å². The molecule has 0 spiro atoms. The summed E-state index contributed by atoms with van der Waals surface area (Å²) in [5.41, 5.74) is 3.22. The van der Waals surface area contributed by atoms with Gasteiger partial charge in [-0.15, -0.1) is 0 Å². The molecule has 1 aromatic rings. The lowest BCUT2D eigenvalue weighted by atomic mass is 9.63. The fourth-order valence-electron chi connectivity index (χ4n) is 5.39. The number of rotatable bonds is 3. The number of allylic oxidation sites excluding steroid dienone is 2. The second-order valence-corrected chi connectivity index (χ2v) is 8.81. The summed E-state index contributed by atoms with van der Waals surface area (Å²) in [6.07, 6.45) is 5.62. The van der Waals surface area contributed by atoms with Gasteiger partial charge >= 0.3 is 0 Å². The molecule has 5 aliphatic rings. The highest BCUT2D eigenvalue weighted by molar-refractivity contribution is 9.10. The predicted octanol–water partition coefficient (Wildman–Crippen LogP) is 3.49. The van der Waals surface area contributed by atoms with E-state index in [-0.39, 0.29) is 30.3 Å². The molecule has 4 nitrogen and oxygen atoms in total. The molecule has 2 saturated carbocycles. The number of anilines is 1. The average Bonchev–Trinajstić information content (AvgIpc) is 3.37. The molecule has 1 heterocycles. The first-order valence-corrected chi connectivity index (χ1v) is 9.81. The van der Waals surface area contributed by atoms with Crippen LogP contribution in [0.1, 0.15) is 17.5 Å². The highest BCUT2D eigenvalue weighted by atomic mass is 79.9. The fourth-order valence-corrected chi connectivity index (χ4v) is 5.62. The zero-order chi connectivity index (χ0) is 17.5. The van der Waals surface area contributed by atoms with Crippen LogP contribution in [0.5, 0.6) is 0 Å². The molecule has 1 N–H and O–H groups in total. The van der Waals surface area contributed by atoms with Crippen LogP contribution in [-0.4, -0.2) is 23.4 Å². The Morgan fingerprint density at radius 3 is 2.08 bits per heavy atom. The van der Waals surface area contributed by atoms with Crippen molar-refractivity contribution < 1.29 is 9.59 Å². The lowest BCUT2D eigenvalue weighted by Crippen LogP contribution is -2.40. The molecule has 3 fully saturated rings. The molecule has 5 heteroatoms. The van der Waals surface area contributed by atoms with Gasteiger partial charge in [0, 0.05) is 10.2 Å². The van der Waals surface area contributed by atoms with E-state index in [4.69, 9.17) is 0 Å². The summed E-state index contributed by atoms with van der Waals surface area (Å²) >= 11 is 3.57. The Labute approximate surface area is 155 Å². The zero-order valence-electron chi connectivity index (χ0n) is 14.3. The van der Waals surface area contributed by atoms with Gasteiger partial charge in [-0.3, -0.25) is 14.5 Å². The maximum absolute atomic E-state index is 12.9. The van der Waals surface area contributed by atoms with Crippen molar-refractivity contribution >= 4 is 33.4 Å². The summed E-state index contributed by atoms with van der Waals surface area (Å²) < 4.78 is 1.10. The number of likely N-dealkylation sites (tertiary alicyclic amines) is 1. The Kier molecular flexibility index (Phi) is 3.25. The van der Waals surface area contributed by atoms with Crippen LogP contribution >= 0.6 is 15.9 Å². The van der Waals surface area contributed by atoms with Crippen LogP contribution in [0.4, 0.5) is 5.69 Å². The van der Waals surface area contributed by atoms with E-state index in [1.54, 1.807) is 0 Å². The number of nitrogens with one attached hydrogen (secondary N) is 1. The monoisotopic (exact) mass is 400 g/mol. The smallest absolute Gasteiger partial charge is 0.235 e. The number of benzene rings is 1. The van der Waals surface area contributed by atoms with E-state index in [0.29, 0.717) is 23.7 Å². The number of hydrogen-bond acceptors (Lipinski definition) is 3. The Bertz CT molecular complexity index is 774. The zero-order valence-corrected chi connectivity index (χ0v) is 15.9. The molecule has 25 heavy (non-hydrogen) atoms. The van der Waals surface area contributed by atoms with Crippen LogP contribution in [0.15, 0.2) is 28.8 Å². The maximum atomic E-state index is 12.9. The van der Waals surface area contributed by atoms with E-state index in [1.165, 1.54) is 11.3 Å². The molecule has 1 aliphatic heterocycles. The normalized spacial score (nSPS) is 37.3. The number of carbonyl (C=O) groups excluding carboxylic acids is 2. The molecule has 6 rings (SSSR count). The lowest BCUT2D eigenvalue weighted by molar-refractivity contribution is -0.139. The number of halogens is 1. The third kappa shape index (κ3) is 2.11. The highest BCUT2D eigenvalue weighted by Crippen LogP contribution is 2.65. The largest absolute Gasteiger partial charge is 0.367 e. The van der Waals surface area contributed by atoms with E-state index in [1.807, 2.05) is 26.0 Å². The number of nitrogens with zero attached hydrogens (tertiary/aromatic N) is 1. The van der Waals surface area contributed by atoms with Gasteiger partial charge in [-0.25, -0.2) is 0 Å². The number of carbonyl (C=O) groups is 2. The minimum Gasteiger partial charge on any atom is -0.367 e. The van der Waals surface area contributed by atoms with Gasteiger partial charge in [0.25, 0.3) is 0 Å². The number of amides is 2. The second-order valence-electron chi connectivity index (χ2n) is 8.02. The number of imide groups is 1. The molecule has 0 unspecified atom stereocenters. The number of aryl methyl sites for hydroxylation is 2. The Morgan fingerprint density at radius 2 is 1.56 bits per heavy atom. The van der Waals surface area contributed by atoms with Crippen LogP contribution < -0.4 is 5.32 Å². The van der Waals surface area contributed by atoms with E-state index in [9.17, 15) is 9.59 Å². The van der Waals surface area contributed by atoms with Crippen LogP contribution in [0.25, 0.3) is 0 Å². The van der Waals surface area contributed by atoms with Crippen molar-refractivity contribution in [1.82, 2.24) is 4.90 Å². The van der Waals surface area contributed by atoms with Crippen LogP contribution in [0.3, 0.4) is 0 Å². The topological polar surface area (TPSA) is 49.4 Å². The van der Waals surface area contributed by atoms with Crippen LogP contribution in [0, 0.1) is 49.4 Å². The Morgan fingerprint density at radius 1 is 1.04 bits per heavy atom. The summed E-state index contributed by atoms with van der Waals surface area (Å²) in [7, 11) is 0. The van der Waals surface area contributed by atoms with Gasteiger partial charge < -0.3 is 5.32 Å². The quantitative estimate of drug-likeness (QED) is 0.623. The number of hydrogen-bond donors (Lipinski definition) is 1. The summed E-state index contributed by atoms with van der Waals surface area (Å²) in [5.74, 6) is 1.71. The first kappa shape index (κ1) is 15.6. The van der Waals surface area contributed by atoms with Gasteiger partial charge in [-0.1, -0.05) is 28.1 Å². The molecule has 1 saturated heterocycles. The van der Waals surface area contributed by atoms with E-state index in [2.05, 4.69) is 33.4 Å². The molecule has 4 aliphatic carbocycles. The molecule has 0 aromatic heterocycles. The van der Waals surface area contributed by atoms with Gasteiger partial charge in [0.05, 0.1) is 18.5 Å². The van der Waals surface area contributed by atoms with E-state index < -0.39 is 0 Å². The summed E-state index contributed by atoms with van der Waals surface area (Å²) in [6.45, 7) is 4.34. The predicted molar refractivity (Wildman–Crippen MR) is 98.7 cm³/mol. The molecule has 130 valence electrons. The van der Waals surface area contributed by atoms with Crippen molar-refractivity contribution in [3.63, 3.8) is 0 Å². The summed E-state index contributed by atoms with van der Waals surface area (Å²) in [4.78, 5) is 27.3.